The van der Waals surface area contributed by atoms with Crippen molar-refractivity contribution in [2.24, 2.45) is 29.1 Å². The Morgan fingerprint density at radius 1 is 0.771 bits per heavy atom. The van der Waals surface area contributed by atoms with Crippen LogP contribution in [0.5, 0.6) is 5.75 Å². The average Bonchev–Trinajstić information content (AvgIpc) is 3.47. The molecule has 3 aromatic carbocycles. The third-order valence-electron chi connectivity index (χ3n) is 11.6. The van der Waals surface area contributed by atoms with E-state index in [1.807, 2.05) is 75.4 Å². The summed E-state index contributed by atoms with van der Waals surface area (Å²) in [6, 6.07) is 20.4. The molecule has 0 aromatic heterocycles. The van der Waals surface area contributed by atoms with Gasteiger partial charge in [0.05, 0.1) is 47.8 Å². The Labute approximate surface area is 279 Å². The highest BCUT2D eigenvalue weighted by atomic mass is 16.5. The number of benzene rings is 3. The van der Waals surface area contributed by atoms with Crippen LogP contribution in [0.25, 0.3) is 0 Å². The summed E-state index contributed by atoms with van der Waals surface area (Å²) in [6.45, 7) is 8.43. The lowest BCUT2D eigenvalue weighted by Crippen LogP contribution is -2.49. The van der Waals surface area contributed by atoms with Crippen LogP contribution in [0.2, 0.25) is 0 Å². The number of hydrogen-bond donors (Lipinski definition) is 1. The standard InChI is InChI=1S/C39H39N3O6/c1-22-19-24(20-23(2)34(22)43)33-28-13-14-29-32(30(28)21-31-36(45)42(38(47)39(31,33)3)26-7-5-4-6-8-26)37(46)41(35(29)44)27-11-9-25(10-12-27)40-15-17-48-18-16-40/h4-13,19-20,29-33,43H,14-18,21H2,1-3H3/t29-,30+,31-,32-,33-,39+/m0/s1. The molecule has 0 bridgehead atoms. The van der Waals surface area contributed by atoms with E-state index in [-0.39, 0.29) is 29.4 Å². The summed E-state index contributed by atoms with van der Waals surface area (Å²) in [6.07, 6.45) is 2.74. The molecule has 1 N–H and O–H groups in total. The Kier molecular flexibility index (Phi) is 7.11. The van der Waals surface area contributed by atoms with Crippen molar-refractivity contribution in [1.82, 2.24) is 0 Å². The number of hydrogen-bond acceptors (Lipinski definition) is 7. The van der Waals surface area contributed by atoms with Gasteiger partial charge in [0.2, 0.25) is 23.6 Å². The minimum atomic E-state index is -1.13. The van der Waals surface area contributed by atoms with E-state index in [1.54, 1.807) is 12.1 Å². The molecule has 4 amide bonds. The van der Waals surface area contributed by atoms with E-state index < -0.39 is 35.0 Å². The van der Waals surface area contributed by atoms with Crippen LogP contribution in [0.15, 0.2) is 78.4 Å². The molecule has 0 radical (unpaired) electrons. The van der Waals surface area contributed by atoms with E-state index >= 15 is 0 Å². The highest BCUT2D eigenvalue weighted by Gasteiger charge is 2.67. The quantitative estimate of drug-likeness (QED) is 0.304. The third kappa shape index (κ3) is 4.33. The molecule has 0 unspecified atom stereocenters. The number of aryl methyl sites for hydroxylation is 2. The number of phenolic OH excluding ortho intramolecular Hbond substituents is 1. The number of morpholine rings is 1. The van der Waals surface area contributed by atoms with E-state index in [2.05, 4.69) is 11.0 Å². The number of phenols is 1. The smallest absolute Gasteiger partial charge is 0.241 e. The summed E-state index contributed by atoms with van der Waals surface area (Å²) < 4.78 is 5.48. The van der Waals surface area contributed by atoms with E-state index in [0.29, 0.717) is 48.6 Å². The molecule has 3 aromatic rings. The molecule has 0 spiro atoms. The number of carbonyl (C=O) groups is 4. The maximum Gasteiger partial charge on any atom is 0.241 e. The lowest BCUT2D eigenvalue weighted by molar-refractivity contribution is -0.131. The van der Waals surface area contributed by atoms with Gasteiger partial charge in [0.1, 0.15) is 5.75 Å². The fourth-order valence-corrected chi connectivity index (χ4v) is 9.26. The van der Waals surface area contributed by atoms with Crippen LogP contribution in [0.3, 0.4) is 0 Å². The number of para-hydroxylation sites is 1. The Morgan fingerprint density at radius 2 is 1.40 bits per heavy atom. The Bertz CT molecular complexity index is 1860. The van der Waals surface area contributed by atoms with Gasteiger partial charge in [-0.2, -0.15) is 0 Å². The fraction of sp³-hybridized carbons (Fsp3) is 0.385. The van der Waals surface area contributed by atoms with Crippen molar-refractivity contribution >= 4 is 40.7 Å². The van der Waals surface area contributed by atoms with Crippen LogP contribution in [0, 0.1) is 42.9 Å². The molecule has 3 saturated heterocycles. The molecule has 5 aliphatic rings. The number of rotatable bonds is 4. The molecule has 4 fully saturated rings. The maximum atomic E-state index is 14.6. The summed E-state index contributed by atoms with van der Waals surface area (Å²) >= 11 is 0. The molecule has 8 rings (SSSR count). The van der Waals surface area contributed by atoms with E-state index in [0.717, 1.165) is 29.9 Å². The maximum absolute atomic E-state index is 14.6. The van der Waals surface area contributed by atoms with Gasteiger partial charge in [-0.05, 0) is 92.6 Å². The van der Waals surface area contributed by atoms with Gasteiger partial charge < -0.3 is 14.7 Å². The molecular weight excluding hydrogens is 606 g/mol. The van der Waals surface area contributed by atoms with Crippen LogP contribution in [-0.2, 0) is 23.9 Å². The van der Waals surface area contributed by atoms with Crippen LogP contribution >= 0.6 is 0 Å². The second kappa shape index (κ2) is 11.2. The van der Waals surface area contributed by atoms with E-state index in [4.69, 9.17) is 4.74 Å². The van der Waals surface area contributed by atoms with Crippen LogP contribution in [0.1, 0.15) is 42.4 Å². The van der Waals surface area contributed by atoms with Gasteiger partial charge in [-0.25, -0.2) is 4.90 Å². The van der Waals surface area contributed by atoms with Crippen LogP contribution < -0.4 is 14.7 Å². The summed E-state index contributed by atoms with van der Waals surface area (Å²) in [5.74, 6) is -3.64. The van der Waals surface area contributed by atoms with Crippen molar-refractivity contribution in [1.29, 1.82) is 0 Å². The fourth-order valence-electron chi connectivity index (χ4n) is 9.26. The number of imide groups is 2. The molecule has 9 heteroatoms. The van der Waals surface area contributed by atoms with Gasteiger partial charge in [0.25, 0.3) is 0 Å². The molecule has 3 aliphatic heterocycles. The van der Waals surface area contributed by atoms with Crippen molar-refractivity contribution in [2.75, 3.05) is 41.0 Å². The number of amides is 4. The van der Waals surface area contributed by atoms with Crippen molar-refractivity contribution in [3.63, 3.8) is 0 Å². The number of ether oxygens (including phenoxy) is 1. The molecule has 2 aliphatic carbocycles. The zero-order chi connectivity index (χ0) is 33.5. The first-order valence-electron chi connectivity index (χ1n) is 16.8. The highest BCUT2D eigenvalue weighted by Crippen LogP contribution is 2.64. The molecular formula is C39H39N3O6. The minimum Gasteiger partial charge on any atom is -0.507 e. The lowest BCUT2D eigenvalue weighted by Gasteiger charge is -2.49. The first-order chi connectivity index (χ1) is 23.1. The number of nitrogens with zero attached hydrogens (tertiary/aromatic N) is 3. The number of anilines is 3. The molecule has 3 heterocycles. The van der Waals surface area contributed by atoms with E-state index in [1.165, 1.54) is 9.80 Å². The summed E-state index contributed by atoms with van der Waals surface area (Å²) in [4.78, 5) is 62.3. The second-order valence-electron chi connectivity index (χ2n) is 14.1. The monoisotopic (exact) mass is 645 g/mol. The zero-order valence-corrected chi connectivity index (χ0v) is 27.4. The van der Waals surface area contributed by atoms with Crippen LogP contribution in [-0.4, -0.2) is 55.0 Å². The molecule has 48 heavy (non-hydrogen) atoms. The summed E-state index contributed by atoms with van der Waals surface area (Å²) in [5, 5.41) is 10.7. The first-order valence-corrected chi connectivity index (χ1v) is 16.8. The average molecular weight is 646 g/mol. The number of carbonyl (C=O) groups excluding carboxylic acids is 4. The van der Waals surface area contributed by atoms with Crippen molar-refractivity contribution in [3.05, 3.63) is 95.1 Å². The SMILES string of the molecule is Cc1cc([C@H]2C3=CC[C@@H]4C(=O)N(c5ccc(N6CCOCC6)cc5)C(=O)[C@@H]4[C@@H]3C[C@H]3C(=O)N(c4ccccc4)C(=O)[C@@]23C)cc(C)c1O. The zero-order valence-electron chi connectivity index (χ0n) is 27.4. The van der Waals surface area contributed by atoms with Crippen molar-refractivity contribution < 1.29 is 29.0 Å². The van der Waals surface area contributed by atoms with Gasteiger partial charge in [-0.3, -0.25) is 24.1 Å². The molecule has 1 saturated carbocycles. The summed E-state index contributed by atoms with van der Waals surface area (Å²) in [5.41, 5.74) is 4.07. The Morgan fingerprint density at radius 3 is 2.06 bits per heavy atom. The normalized spacial score (nSPS) is 29.9. The molecule has 9 nitrogen and oxygen atoms in total. The number of aromatic hydroxyl groups is 1. The van der Waals surface area contributed by atoms with Crippen molar-refractivity contribution in [2.45, 2.75) is 39.5 Å². The largest absolute Gasteiger partial charge is 0.507 e. The number of allylic oxidation sites excluding steroid dienone is 2. The predicted octanol–water partition coefficient (Wildman–Crippen LogP) is 5.28. The van der Waals surface area contributed by atoms with Crippen molar-refractivity contribution in [3.8, 4) is 5.75 Å². The molecule has 6 atom stereocenters. The number of fused-ring (bicyclic) bond motifs is 4. The third-order valence-corrected chi connectivity index (χ3v) is 11.6. The Hall–Kier alpha value is -4.76. The van der Waals surface area contributed by atoms with Gasteiger partial charge in [-0.15, -0.1) is 0 Å². The van der Waals surface area contributed by atoms with Gasteiger partial charge in [0, 0.05) is 24.7 Å². The first kappa shape index (κ1) is 30.6. The topological polar surface area (TPSA) is 107 Å². The lowest BCUT2D eigenvalue weighted by atomic mass is 9.51. The molecule has 246 valence electrons. The highest BCUT2D eigenvalue weighted by molar-refractivity contribution is 6.25. The summed E-state index contributed by atoms with van der Waals surface area (Å²) in [7, 11) is 0. The van der Waals surface area contributed by atoms with Crippen LogP contribution in [0.4, 0.5) is 17.1 Å². The van der Waals surface area contributed by atoms with Gasteiger partial charge in [0.15, 0.2) is 0 Å². The van der Waals surface area contributed by atoms with Gasteiger partial charge in [-0.1, -0.05) is 42.0 Å². The predicted molar refractivity (Wildman–Crippen MR) is 181 cm³/mol. The second-order valence-corrected chi connectivity index (χ2v) is 14.1. The van der Waals surface area contributed by atoms with Gasteiger partial charge >= 0.3 is 0 Å². The van der Waals surface area contributed by atoms with E-state index in [9.17, 15) is 24.3 Å². The Balaban J connectivity index is 1.20. The minimum absolute atomic E-state index is 0.192.